The summed E-state index contributed by atoms with van der Waals surface area (Å²) in [5.41, 5.74) is 3.56. The summed E-state index contributed by atoms with van der Waals surface area (Å²) in [5.74, 6) is 0.855. The first-order valence-electron chi connectivity index (χ1n) is 8.93. The van der Waals surface area contributed by atoms with Crippen LogP contribution in [0.4, 0.5) is 10.8 Å². The van der Waals surface area contributed by atoms with Crippen LogP contribution >= 0.6 is 11.3 Å². The van der Waals surface area contributed by atoms with E-state index in [2.05, 4.69) is 46.3 Å². The molecule has 0 saturated carbocycles. The highest BCUT2D eigenvalue weighted by Crippen LogP contribution is 2.41. The molecule has 0 bridgehead atoms. The van der Waals surface area contributed by atoms with Crippen LogP contribution in [0.1, 0.15) is 24.1 Å². The van der Waals surface area contributed by atoms with Crippen LogP contribution in [0, 0.1) is 0 Å². The highest BCUT2D eigenvalue weighted by molar-refractivity contribution is 7.13. The summed E-state index contributed by atoms with van der Waals surface area (Å²) in [4.78, 5) is 4.97. The first-order chi connectivity index (χ1) is 12.8. The molecule has 0 amide bonds. The van der Waals surface area contributed by atoms with E-state index in [9.17, 15) is 0 Å². The molecular weight excluding hydrogens is 342 g/mol. The van der Waals surface area contributed by atoms with Gasteiger partial charge in [0.2, 0.25) is 0 Å². The quantitative estimate of drug-likeness (QED) is 0.695. The lowest BCUT2D eigenvalue weighted by Gasteiger charge is -2.37. The van der Waals surface area contributed by atoms with Crippen molar-refractivity contribution in [3.05, 3.63) is 71.2 Å². The van der Waals surface area contributed by atoms with Gasteiger partial charge in [0.25, 0.3) is 0 Å². The summed E-state index contributed by atoms with van der Waals surface area (Å²) < 4.78 is 5.22. The SMILES string of the molecule is COc1ccc(Nc2nc(C3(c4ccccc4)CCNCC3)cs2)cc1. The van der Waals surface area contributed by atoms with Crippen molar-refractivity contribution in [1.29, 1.82) is 0 Å². The predicted octanol–water partition coefficient (Wildman–Crippen LogP) is 4.56. The van der Waals surface area contributed by atoms with Crippen LogP contribution in [0.3, 0.4) is 0 Å². The van der Waals surface area contributed by atoms with Gasteiger partial charge in [0.05, 0.1) is 12.8 Å². The van der Waals surface area contributed by atoms with E-state index in [1.807, 2.05) is 24.3 Å². The zero-order valence-electron chi connectivity index (χ0n) is 14.9. The van der Waals surface area contributed by atoms with E-state index >= 15 is 0 Å². The number of anilines is 2. The number of nitrogens with zero attached hydrogens (tertiary/aromatic N) is 1. The van der Waals surface area contributed by atoms with E-state index in [4.69, 9.17) is 9.72 Å². The molecule has 0 radical (unpaired) electrons. The van der Waals surface area contributed by atoms with Gasteiger partial charge in [-0.3, -0.25) is 0 Å². The summed E-state index contributed by atoms with van der Waals surface area (Å²) >= 11 is 1.67. The Labute approximate surface area is 158 Å². The van der Waals surface area contributed by atoms with Gasteiger partial charge >= 0.3 is 0 Å². The number of nitrogens with one attached hydrogen (secondary N) is 2. The van der Waals surface area contributed by atoms with Gasteiger partial charge in [-0.2, -0.15) is 0 Å². The molecule has 0 aliphatic carbocycles. The van der Waals surface area contributed by atoms with Crippen LogP contribution < -0.4 is 15.4 Å². The molecule has 0 spiro atoms. The lowest BCUT2D eigenvalue weighted by Crippen LogP contribution is -2.41. The molecule has 4 nitrogen and oxygen atoms in total. The summed E-state index contributed by atoms with van der Waals surface area (Å²) in [6.45, 7) is 2.04. The van der Waals surface area contributed by atoms with Crippen molar-refractivity contribution in [3.63, 3.8) is 0 Å². The van der Waals surface area contributed by atoms with Crippen LogP contribution in [-0.4, -0.2) is 25.2 Å². The third kappa shape index (κ3) is 3.32. The molecule has 3 aromatic rings. The number of thiazole rings is 1. The van der Waals surface area contributed by atoms with Gasteiger partial charge in [-0.1, -0.05) is 30.3 Å². The molecule has 4 rings (SSSR count). The van der Waals surface area contributed by atoms with E-state index in [1.54, 1.807) is 18.4 Å². The molecule has 5 heteroatoms. The Hall–Kier alpha value is -2.37. The second-order valence-corrected chi connectivity index (χ2v) is 7.45. The molecule has 0 unspecified atom stereocenters. The minimum atomic E-state index is 0.00283. The van der Waals surface area contributed by atoms with E-state index in [0.717, 1.165) is 42.5 Å². The van der Waals surface area contributed by atoms with E-state index in [1.165, 1.54) is 11.3 Å². The second kappa shape index (κ2) is 7.48. The number of benzene rings is 2. The fourth-order valence-electron chi connectivity index (χ4n) is 3.65. The van der Waals surface area contributed by atoms with E-state index in [-0.39, 0.29) is 5.41 Å². The van der Waals surface area contributed by atoms with Crippen molar-refractivity contribution in [1.82, 2.24) is 10.3 Å². The molecule has 1 aromatic heterocycles. The normalized spacial score (nSPS) is 16.2. The molecule has 26 heavy (non-hydrogen) atoms. The average Bonchev–Trinajstić information content (AvgIpc) is 3.19. The van der Waals surface area contributed by atoms with Gasteiger partial charge in [-0.15, -0.1) is 11.3 Å². The van der Waals surface area contributed by atoms with Gasteiger partial charge in [0.1, 0.15) is 5.75 Å². The monoisotopic (exact) mass is 365 g/mol. The highest BCUT2D eigenvalue weighted by atomic mass is 32.1. The van der Waals surface area contributed by atoms with Crippen molar-refractivity contribution in [3.8, 4) is 5.75 Å². The zero-order chi connectivity index (χ0) is 17.8. The van der Waals surface area contributed by atoms with Crippen molar-refractivity contribution in [2.45, 2.75) is 18.3 Å². The molecule has 1 fully saturated rings. The van der Waals surface area contributed by atoms with Gasteiger partial charge < -0.3 is 15.4 Å². The first kappa shape index (κ1) is 17.1. The summed E-state index contributed by atoms with van der Waals surface area (Å²) in [6.07, 6.45) is 2.14. The lowest BCUT2D eigenvalue weighted by molar-refractivity contribution is 0.356. The molecular formula is C21H23N3OS. The average molecular weight is 366 g/mol. The minimum Gasteiger partial charge on any atom is -0.497 e. The first-order valence-corrected chi connectivity index (χ1v) is 9.81. The van der Waals surface area contributed by atoms with Crippen LogP contribution in [-0.2, 0) is 5.41 Å². The maximum absolute atomic E-state index is 5.22. The van der Waals surface area contributed by atoms with Crippen molar-refractivity contribution in [2.75, 3.05) is 25.5 Å². The van der Waals surface area contributed by atoms with Crippen molar-refractivity contribution >= 4 is 22.2 Å². The smallest absolute Gasteiger partial charge is 0.187 e. The van der Waals surface area contributed by atoms with Crippen molar-refractivity contribution in [2.24, 2.45) is 0 Å². The van der Waals surface area contributed by atoms with Crippen LogP contribution in [0.15, 0.2) is 60.0 Å². The third-order valence-electron chi connectivity index (χ3n) is 5.12. The number of ether oxygens (including phenoxy) is 1. The van der Waals surface area contributed by atoms with Crippen molar-refractivity contribution < 1.29 is 4.74 Å². The Morgan fingerprint density at radius 2 is 1.77 bits per heavy atom. The van der Waals surface area contributed by atoms with Crippen LogP contribution in [0.2, 0.25) is 0 Å². The summed E-state index contributed by atoms with van der Waals surface area (Å²) in [5, 5.41) is 10.0. The Morgan fingerprint density at radius 3 is 2.46 bits per heavy atom. The maximum atomic E-state index is 5.22. The molecule has 1 aliphatic rings. The zero-order valence-corrected chi connectivity index (χ0v) is 15.7. The Morgan fingerprint density at radius 1 is 1.04 bits per heavy atom. The Balaban J connectivity index is 1.61. The fraction of sp³-hybridized carbons (Fsp3) is 0.286. The third-order valence-corrected chi connectivity index (χ3v) is 5.88. The summed E-state index contributed by atoms with van der Waals surface area (Å²) in [7, 11) is 1.68. The topological polar surface area (TPSA) is 46.2 Å². The van der Waals surface area contributed by atoms with Gasteiger partial charge in [-0.25, -0.2) is 4.98 Å². The summed E-state index contributed by atoms with van der Waals surface area (Å²) in [6, 6.07) is 18.7. The Bertz CT molecular complexity index is 839. The Kier molecular flexibility index (Phi) is 4.91. The second-order valence-electron chi connectivity index (χ2n) is 6.59. The minimum absolute atomic E-state index is 0.00283. The molecule has 0 atom stereocenters. The standard InChI is InChI=1S/C21H23N3OS/c1-25-18-9-7-17(8-10-18)23-20-24-19(15-26-20)21(11-13-22-14-12-21)16-5-3-2-4-6-16/h2-10,15,22H,11-14H2,1H3,(H,23,24). The molecule has 2 heterocycles. The largest absolute Gasteiger partial charge is 0.497 e. The van der Waals surface area contributed by atoms with E-state index in [0.29, 0.717) is 0 Å². The van der Waals surface area contributed by atoms with Crippen LogP contribution in [0.5, 0.6) is 5.75 Å². The fourth-order valence-corrected chi connectivity index (χ4v) is 4.48. The molecule has 2 N–H and O–H groups in total. The number of methoxy groups -OCH3 is 1. The molecule has 2 aromatic carbocycles. The molecule has 1 aliphatic heterocycles. The number of piperidine rings is 1. The molecule has 134 valence electrons. The van der Waals surface area contributed by atoms with Crippen LogP contribution in [0.25, 0.3) is 0 Å². The van der Waals surface area contributed by atoms with Gasteiger partial charge in [0, 0.05) is 16.5 Å². The van der Waals surface area contributed by atoms with E-state index < -0.39 is 0 Å². The lowest BCUT2D eigenvalue weighted by atomic mass is 9.71. The maximum Gasteiger partial charge on any atom is 0.187 e. The van der Waals surface area contributed by atoms with Gasteiger partial charge in [-0.05, 0) is 55.8 Å². The molecule has 1 saturated heterocycles. The number of aromatic nitrogens is 1. The predicted molar refractivity (Wildman–Crippen MR) is 108 cm³/mol. The number of rotatable bonds is 5. The number of hydrogen-bond acceptors (Lipinski definition) is 5. The number of hydrogen-bond donors (Lipinski definition) is 2. The highest BCUT2D eigenvalue weighted by Gasteiger charge is 2.37. The van der Waals surface area contributed by atoms with Gasteiger partial charge in [0.15, 0.2) is 5.13 Å².